The molecule has 0 atom stereocenters. The number of nitrogens with one attached hydrogen (secondary N) is 4. The molecule has 0 aliphatic carbocycles. The van der Waals surface area contributed by atoms with Crippen molar-refractivity contribution in [3.05, 3.63) is 96.1 Å². The molecule has 3 aromatic rings. The highest BCUT2D eigenvalue weighted by molar-refractivity contribution is 6.03. The second-order valence-electron chi connectivity index (χ2n) is 6.55. The van der Waals surface area contributed by atoms with E-state index in [1.165, 1.54) is 6.08 Å². The molecule has 0 heterocycles. The van der Waals surface area contributed by atoms with Crippen molar-refractivity contribution in [3.63, 3.8) is 0 Å². The lowest BCUT2D eigenvalue weighted by Crippen LogP contribution is -2.19. The number of urea groups is 1. The molecule has 0 fully saturated rings. The molecular weight excluding hydrogens is 392 g/mol. The van der Waals surface area contributed by atoms with Gasteiger partial charge in [0.05, 0.1) is 0 Å². The Morgan fingerprint density at radius 2 is 1.32 bits per heavy atom. The predicted molar refractivity (Wildman–Crippen MR) is 123 cm³/mol. The highest BCUT2D eigenvalue weighted by Crippen LogP contribution is 2.16. The van der Waals surface area contributed by atoms with Gasteiger partial charge in [-0.1, -0.05) is 36.4 Å². The van der Waals surface area contributed by atoms with E-state index in [9.17, 15) is 14.4 Å². The number of para-hydroxylation sites is 1. The van der Waals surface area contributed by atoms with Crippen LogP contribution in [0.3, 0.4) is 0 Å². The Labute approximate surface area is 180 Å². The predicted octanol–water partition coefficient (Wildman–Crippen LogP) is 4.34. The molecule has 7 heteroatoms. The van der Waals surface area contributed by atoms with Crippen LogP contribution in [0.2, 0.25) is 0 Å². The molecule has 0 spiro atoms. The molecular formula is C24H22N4O3. The standard InChI is InChI=1S/C24H22N4O3/c1-25-23(30)18-13-10-17(11-14-18)12-15-22(29)26-20-8-5-9-21(16-20)28-24(31)27-19-6-3-2-4-7-19/h2-16H,1H3,(H,25,30)(H,26,29)(H2,27,28,31)/b15-12+. The summed E-state index contributed by atoms with van der Waals surface area (Å²) >= 11 is 0. The summed E-state index contributed by atoms with van der Waals surface area (Å²) in [5, 5.41) is 10.8. The number of carbonyl (C=O) groups excluding carboxylic acids is 3. The van der Waals surface area contributed by atoms with Crippen LogP contribution in [0.5, 0.6) is 0 Å². The Kier molecular flexibility index (Phi) is 7.16. The third-order valence-electron chi connectivity index (χ3n) is 4.25. The van der Waals surface area contributed by atoms with Crippen LogP contribution in [0.25, 0.3) is 6.08 Å². The maximum atomic E-state index is 12.2. The normalized spacial score (nSPS) is 10.4. The first kappa shape index (κ1) is 21.3. The maximum absolute atomic E-state index is 12.2. The van der Waals surface area contributed by atoms with E-state index in [1.807, 2.05) is 18.2 Å². The summed E-state index contributed by atoms with van der Waals surface area (Å²) in [4.78, 5) is 35.9. The summed E-state index contributed by atoms with van der Waals surface area (Å²) < 4.78 is 0. The minimum atomic E-state index is -0.380. The fraction of sp³-hybridized carbons (Fsp3) is 0.0417. The lowest BCUT2D eigenvalue weighted by Gasteiger charge is -2.09. The molecule has 0 saturated carbocycles. The molecule has 3 aromatic carbocycles. The second-order valence-corrected chi connectivity index (χ2v) is 6.55. The van der Waals surface area contributed by atoms with Crippen LogP contribution in [-0.4, -0.2) is 24.9 Å². The molecule has 4 amide bonds. The lowest BCUT2D eigenvalue weighted by molar-refractivity contribution is -0.111. The van der Waals surface area contributed by atoms with Crippen molar-refractivity contribution >= 4 is 41.0 Å². The molecule has 0 saturated heterocycles. The second kappa shape index (κ2) is 10.4. The van der Waals surface area contributed by atoms with Crippen LogP contribution in [0.15, 0.2) is 84.9 Å². The van der Waals surface area contributed by atoms with Crippen LogP contribution in [-0.2, 0) is 4.79 Å². The van der Waals surface area contributed by atoms with E-state index in [0.717, 1.165) is 5.56 Å². The van der Waals surface area contributed by atoms with Crippen molar-refractivity contribution in [2.24, 2.45) is 0 Å². The quantitative estimate of drug-likeness (QED) is 0.452. The van der Waals surface area contributed by atoms with Crippen LogP contribution >= 0.6 is 0 Å². The largest absolute Gasteiger partial charge is 0.355 e. The number of anilines is 3. The summed E-state index contributed by atoms with van der Waals surface area (Å²) in [7, 11) is 1.57. The van der Waals surface area contributed by atoms with E-state index in [4.69, 9.17) is 0 Å². The van der Waals surface area contributed by atoms with Crippen LogP contribution < -0.4 is 21.3 Å². The van der Waals surface area contributed by atoms with Crippen molar-refractivity contribution in [1.29, 1.82) is 0 Å². The van der Waals surface area contributed by atoms with E-state index in [0.29, 0.717) is 22.6 Å². The van der Waals surface area contributed by atoms with Gasteiger partial charge in [-0.3, -0.25) is 9.59 Å². The molecule has 31 heavy (non-hydrogen) atoms. The molecule has 7 nitrogen and oxygen atoms in total. The van der Waals surface area contributed by atoms with Crippen molar-refractivity contribution in [2.75, 3.05) is 23.0 Å². The van der Waals surface area contributed by atoms with Crippen molar-refractivity contribution in [1.82, 2.24) is 5.32 Å². The van der Waals surface area contributed by atoms with Gasteiger partial charge >= 0.3 is 6.03 Å². The molecule has 0 aliphatic rings. The Balaban J connectivity index is 1.56. The molecule has 0 bridgehead atoms. The minimum Gasteiger partial charge on any atom is -0.355 e. The summed E-state index contributed by atoms with van der Waals surface area (Å²) in [6.07, 6.45) is 3.05. The van der Waals surface area contributed by atoms with E-state index < -0.39 is 0 Å². The van der Waals surface area contributed by atoms with Gasteiger partial charge in [-0.15, -0.1) is 0 Å². The van der Waals surface area contributed by atoms with Crippen LogP contribution in [0, 0.1) is 0 Å². The maximum Gasteiger partial charge on any atom is 0.323 e. The van der Waals surface area contributed by atoms with Crippen molar-refractivity contribution < 1.29 is 14.4 Å². The molecule has 0 unspecified atom stereocenters. The van der Waals surface area contributed by atoms with Gasteiger partial charge in [0.25, 0.3) is 5.91 Å². The summed E-state index contributed by atoms with van der Waals surface area (Å²) in [6.45, 7) is 0. The smallest absolute Gasteiger partial charge is 0.323 e. The molecule has 0 aliphatic heterocycles. The van der Waals surface area contributed by atoms with Gasteiger partial charge in [0.15, 0.2) is 0 Å². The van der Waals surface area contributed by atoms with E-state index >= 15 is 0 Å². The number of rotatable bonds is 6. The van der Waals surface area contributed by atoms with Gasteiger partial charge in [0.1, 0.15) is 0 Å². The van der Waals surface area contributed by atoms with Gasteiger partial charge in [0, 0.05) is 35.7 Å². The number of benzene rings is 3. The van der Waals surface area contributed by atoms with E-state index in [2.05, 4.69) is 21.3 Å². The first-order valence-electron chi connectivity index (χ1n) is 9.58. The van der Waals surface area contributed by atoms with Gasteiger partial charge < -0.3 is 21.3 Å². The van der Waals surface area contributed by atoms with E-state index in [-0.39, 0.29) is 17.8 Å². The van der Waals surface area contributed by atoms with Crippen LogP contribution in [0.1, 0.15) is 15.9 Å². The zero-order chi connectivity index (χ0) is 22.1. The van der Waals surface area contributed by atoms with Crippen LogP contribution in [0.4, 0.5) is 21.9 Å². The zero-order valence-electron chi connectivity index (χ0n) is 16.9. The third-order valence-corrected chi connectivity index (χ3v) is 4.25. The Morgan fingerprint density at radius 1 is 0.710 bits per heavy atom. The lowest BCUT2D eigenvalue weighted by atomic mass is 10.1. The third kappa shape index (κ3) is 6.57. The van der Waals surface area contributed by atoms with Gasteiger partial charge in [-0.05, 0) is 54.1 Å². The number of amides is 4. The van der Waals surface area contributed by atoms with Gasteiger partial charge in [-0.25, -0.2) is 4.79 Å². The molecule has 3 rings (SSSR count). The van der Waals surface area contributed by atoms with Crippen molar-refractivity contribution in [2.45, 2.75) is 0 Å². The fourth-order valence-electron chi connectivity index (χ4n) is 2.74. The monoisotopic (exact) mass is 414 g/mol. The molecule has 4 N–H and O–H groups in total. The average molecular weight is 414 g/mol. The van der Waals surface area contributed by atoms with E-state index in [1.54, 1.807) is 73.8 Å². The summed E-state index contributed by atoms with van der Waals surface area (Å²) in [6, 6.07) is 22.4. The highest BCUT2D eigenvalue weighted by Gasteiger charge is 2.05. The van der Waals surface area contributed by atoms with Gasteiger partial charge in [0.2, 0.25) is 5.91 Å². The Hall–Kier alpha value is -4.39. The minimum absolute atomic E-state index is 0.167. The Bertz CT molecular complexity index is 1090. The molecule has 0 radical (unpaired) electrons. The summed E-state index contributed by atoms with van der Waals surface area (Å²) in [5.74, 6) is -0.486. The fourth-order valence-corrected chi connectivity index (χ4v) is 2.74. The molecule has 156 valence electrons. The van der Waals surface area contributed by atoms with Crippen molar-refractivity contribution in [3.8, 4) is 0 Å². The first-order valence-corrected chi connectivity index (χ1v) is 9.58. The number of carbonyl (C=O) groups is 3. The topological polar surface area (TPSA) is 99.3 Å². The first-order chi connectivity index (χ1) is 15.0. The zero-order valence-corrected chi connectivity index (χ0v) is 16.9. The Morgan fingerprint density at radius 3 is 2.00 bits per heavy atom. The molecule has 0 aromatic heterocycles. The summed E-state index contributed by atoms with van der Waals surface area (Å²) in [5.41, 5.74) is 3.10. The van der Waals surface area contributed by atoms with Gasteiger partial charge in [-0.2, -0.15) is 0 Å². The number of hydrogen-bond acceptors (Lipinski definition) is 3. The number of hydrogen-bond donors (Lipinski definition) is 4. The highest BCUT2D eigenvalue weighted by atomic mass is 16.2. The average Bonchev–Trinajstić information content (AvgIpc) is 2.78. The SMILES string of the molecule is CNC(=O)c1ccc(/C=C/C(=O)Nc2cccc(NC(=O)Nc3ccccc3)c2)cc1.